The fourth-order valence-electron chi connectivity index (χ4n) is 2.94. The van der Waals surface area contributed by atoms with Crippen LogP contribution in [-0.2, 0) is 11.3 Å². The molecule has 2 aliphatic heterocycles. The van der Waals surface area contributed by atoms with Crippen molar-refractivity contribution < 1.29 is 23.1 Å². The summed E-state index contributed by atoms with van der Waals surface area (Å²) in [5.41, 5.74) is 1.09. The van der Waals surface area contributed by atoms with Gasteiger partial charge in [-0.1, -0.05) is 35.3 Å². The van der Waals surface area contributed by atoms with Crippen LogP contribution >= 0.6 is 23.2 Å². The molecule has 134 valence electrons. The normalized spacial score (nSPS) is 25.3. The van der Waals surface area contributed by atoms with E-state index in [1.54, 1.807) is 0 Å². The number of nitrogens with zero attached hydrogens (tertiary/aromatic N) is 1. The molecule has 2 N–H and O–H groups in total. The molecule has 24 heavy (non-hydrogen) atoms. The molecule has 3 rings (SSSR count). The number of halogens is 5. The van der Waals surface area contributed by atoms with Crippen LogP contribution in [0.2, 0.25) is 10.0 Å². The van der Waals surface area contributed by atoms with Crippen molar-refractivity contribution in [3.05, 3.63) is 33.8 Å². The third kappa shape index (κ3) is 4.99. The van der Waals surface area contributed by atoms with Crippen LogP contribution in [0, 0.1) is 5.92 Å². The van der Waals surface area contributed by atoms with E-state index in [9.17, 15) is 13.2 Å². The topological polar surface area (TPSA) is 52.6 Å². The number of hydrogen-bond acceptors (Lipinski definition) is 3. The fraction of sp³-hybridized carbons (Fsp3) is 0.533. The molecule has 0 aliphatic carbocycles. The second kappa shape index (κ2) is 7.91. The summed E-state index contributed by atoms with van der Waals surface area (Å²) in [5.74, 6) is -1.93. The molecule has 3 atom stereocenters. The molecular weight excluding hydrogens is 368 g/mol. The van der Waals surface area contributed by atoms with Gasteiger partial charge in [0.15, 0.2) is 0 Å². The van der Waals surface area contributed by atoms with E-state index in [0.29, 0.717) is 16.1 Å². The first-order valence-corrected chi connectivity index (χ1v) is 8.13. The molecule has 3 unspecified atom stereocenters. The van der Waals surface area contributed by atoms with Gasteiger partial charge in [0.2, 0.25) is 0 Å². The summed E-state index contributed by atoms with van der Waals surface area (Å²) in [5, 5.41) is 12.1. The third-order valence-corrected chi connectivity index (χ3v) is 5.02. The molecule has 0 radical (unpaired) electrons. The van der Waals surface area contributed by atoms with Crippen molar-refractivity contribution in [3.8, 4) is 0 Å². The molecule has 2 aliphatic rings. The number of hydrogen-bond donors (Lipinski definition) is 2. The van der Waals surface area contributed by atoms with E-state index < -0.39 is 12.1 Å². The highest BCUT2D eigenvalue weighted by Crippen LogP contribution is 2.29. The Kier molecular flexibility index (Phi) is 6.36. The van der Waals surface area contributed by atoms with Crippen LogP contribution in [0.15, 0.2) is 18.2 Å². The molecule has 0 saturated carbocycles. The minimum Gasteiger partial charge on any atom is -0.475 e. The van der Waals surface area contributed by atoms with Crippen molar-refractivity contribution in [2.75, 3.05) is 19.6 Å². The van der Waals surface area contributed by atoms with Gasteiger partial charge in [0.25, 0.3) is 0 Å². The zero-order valence-electron chi connectivity index (χ0n) is 12.6. The van der Waals surface area contributed by atoms with Gasteiger partial charge in [-0.2, -0.15) is 13.2 Å². The van der Waals surface area contributed by atoms with Gasteiger partial charge in [-0.25, -0.2) is 4.79 Å². The first kappa shape index (κ1) is 19.3. The number of nitrogens with one attached hydrogen (secondary N) is 1. The zero-order valence-corrected chi connectivity index (χ0v) is 14.1. The Labute approximate surface area is 147 Å². The lowest BCUT2D eigenvalue weighted by Gasteiger charge is -2.23. The Balaban J connectivity index is 0.000000256. The van der Waals surface area contributed by atoms with Crippen LogP contribution in [0.1, 0.15) is 12.0 Å². The Morgan fingerprint density at radius 2 is 2.00 bits per heavy atom. The molecule has 2 fully saturated rings. The molecule has 1 aromatic carbocycles. The van der Waals surface area contributed by atoms with Gasteiger partial charge in [-0.05, 0) is 30.5 Å². The van der Waals surface area contributed by atoms with Crippen molar-refractivity contribution in [1.82, 2.24) is 10.2 Å². The van der Waals surface area contributed by atoms with E-state index in [0.717, 1.165) is 18.0 Å². The Morgan fingerprint density at radius 1 is 1.33 bits per heavy atom. The summed E-state index contributed by atoms with van der Waals surface area (Å²) in [7, 11) is 0. The van der Waals surface area contributed by atoms with Crippen molar-refractivity contribution >= 4 is 29.2 Å². The molecule has 0 amide bonds. The number of benzene rings is 1. The number of alkyl halides is 3. The summed E-state index contributed by atoms with van der Waals surface area (Å²) < 4.78 is 31.7. The zero-order chi connectivity index (χ0) is 17.9. The maximum absolute atomic E-state index is 10.6. The van der Waals surface area contributed by atoms with E-state index in [2.05, 4.69) is 10.2 Å². The highest BCUT2D eigenvalue weighted by Gasteiger charge is 2.38. The molecule has 2 bridgehead atoms. The predicted octanol–water partition coefficient (Wildman–Crippen LogP) is 3.42. The number of fused-ring (bicyclic) bond motifs is 2. The van der Waals surface area contributed by atoms with Crippen molar-refractivity contribution in [3.63, 3.8) is 0 Å². The lowest BCUT2D eigenvalue weighted by atomic mass is 10.00. The van der Waals surface area contributed by atoms with Gasteiger partial charge in [-0.3, -0.25) is 0 Å². The fourth-order valence-corrected chi connectivity index (χ4v) is 3.33. The second-order valence-corrected chi connectivity index (χ2v) is 6.60. The number of piperidine rings is 1. The van der Waals surface area contributed by atoms with Crippen LogP contribution in [0.4, 0.5) is 13.2 Å². The van der Waals surface area contributed by atoms with Gasteiger partial charge in [-0.15, -0.1) is 0 Å². The van der Waals surface area contributed by atoms with Crippen LogP contribution < -0.4 is 5.32 Å². The van der Waals surface area contributed by atoms with Gasteiger partial charge in [0, 0.05) is 25.7 Å². The number of aliphatic carboxylic acids is 1. The number of rotatable bonds is 3. The first-order valence-electron chi connectivity index (χ1n) is 7.37. The van der Waals surface area contributed by atoms with E-state index in [4.69, 9.17) is 33.1 Å². The first-order chi connectivity index (χ1) is 11.2. The monoisotopic (exact) mass is 384 g/mol. The average molecular weight is 385 g/mol. The van der Waals surface area contributed by atoms with Crippen molar-refractivity contribution in [2.24, 2.45) is 5.92 Å². The van der Waals surface area contributed by atoms with Crippen LogP contribution in [0.3, 0.4) is 0 Å². The van der Waals surface area contributed by atoms with E-state index >= 15 is 0 Å². The van der Waals surface area contributed by atoms with Crippen LogP contribution in [0.5, 0.6) is 0 Å². The maximum atomic E-state index is 10.6. The number of carboxylic acid groups (broad SMARTS) is 1. The van der Waals surface area contributed by atoms with Crippen LogP contribution in [0.25, 0.3) is 0 Å². The molecule has 2 saturated heterocycles. The van der Waals surface area contributed by atoms with Crippen LogP contribution in [-0.4, -0.2) is 47.8 Å². The number of carboxylic acids is 1. The van der Waals surface area contributed by atoms with Gasteiger partial charge < -0.3 is 15.3 Å². The van der Waals surface area contributed by atoms with E-state index in [1.807, 2.05) is 18.2 Å². The highest BCUT2D eigenvalue weighted by atomic mass is 35.5. The summed E-state index contributed by atoms with van der Waals surface area (Å²) in [6.07, 6.45) is -3.75. The molecule has 0 aromatic heterocycles. The highest BCUT2D eigenvalue weighted by molar-refractivity contribution is 6.42. The largest absolute Gasteiger partial charge is 0.490 e. The Bertz CT molecular complexity index is 599. The average Bonchev–Trinajstić information content (AvgIpc) is 3.11. The molecule has 2 heterocycles. The molecule has 0 spiro atoms. The number of carbonyl (C=O) groups is 1. The maximum Gasteiger partial charge on any atom is 0.490 e. The predicted molar refractivity (Wildman–Crippen MR) is 85.3 cm³/mol. The molecule has 1 aromatic rings. The Morgan fingerprint density at radius 3 is 2.50 bits per heavy atom. The summed E-state index contributed by atoms with van der Waals surface area (Å²) in [4.78, 5) is 11.4. The van der Waals surface area contributed by atoms with Crippen molar-refractivity contribution in [1.29, 1.82) is 0 Å². The third-order valence-electron chi connectivity index (χ3n) is 4.16. The van der Waals surface area contributed by atoms with E-state index in [1.165, 1.54) is 26.1 Å². The lowest BCUT2D eigenvalue weighted by Crippen LogP contribution is -2.39. The second-order valence-electron chi connectivity index (χ2n) is 5.81. The standard InChI is InChI=1S/C13H16Cl2N2.C2HF3O2/c14-11-3-1-2-9(13(11)15)6-16-12-8-17-5-4-10(12)7-17;3-2(4,5)1(6)7/h1-3,10,12,16H,4-8H2;(H,6,7). The quantitative estimate of drug-likeness (QED) is 0.838. The minimum atomic E-state index is -5.08. The summed E-state index contributed by atoms with van der Waals surface area (Å²) in [6.45, 7) is 4.54. The lowest BCUT2D eigenvalue weighted by molar-refractivity contribution is -0.192. The van der Waals surface area contributed by atoms with Gasteiger partial charge >= 0.3 is 12.1 Å². The summed E-state index contributed by atoms with van der Waals surface area (Å²) in [6, 6.07) is 6.44. The molecule has 9 heteroatoms. The van der Waals surface area contributed by atoms with Gasteiger partial charge in [0.05, 0.1) is 10.0 Å². The Hall–Kier alpha value is -1.02. The smallest absolute Gasteiger partial charge is 0.475 e. The van der Waals surface area contributed by atoms with E-state index in [-0.39, 0.29) is 0 Å². The van der Waals surface area contributed by atoms with Gasteiger partial charge in [0.1, 0.15) is 0 Å². The SMILES string of the molecule is Clc1cccc(CNC2CN3CCC2C3)c1Cl.O=C(O)C(F)(F)F. The molecule has 4 nitrogen and oxygen atoms in total. The summed E-state index contributed by atoms with van der Waals surface area (Å²) >= 11 is 12.2. The molecular formula is C15H17Cl2F3N2O2. The minimum absolute atomic E-state index is 0.624. The van der Waals surface area contributed by atoms with Crippen molar-refractivity contribution in [2.45, 2.75) is 25.2 Å².